The van der Waals surface area contributed by atoms with E-state index in [9.17, 15) is 14.0 Å². The summed E-state index contributed by atoms with van der Waals surface area (Å²) in [5.74, 6) is -0.752. The van der Waals surface area contributed by atoms with Crippen LogP contribution >= 0.6 is 0 Å². The third kappa shape index (κ3) is 4.55. The van der Waals surface area contributed by atoms with Gasteiger partial charge in [0.15, 0.2) is 11.6 Å². The molecule has 7 heteroatoms. The lowest BCUT2D eigenvalue weighted by Crippen LogP contribution is -2.50. The number of halogens is 1. The molecule has 2 aromatic rings. The van der Waals surface area contributed by atoms with Crippen LogP contribution in [-0.2, 0) is 11.3 Å². The summed E-state index contributed by atoms with van der Waals surface area (Å²) < 4.78 is 24.0. The summed E-state index contributed by atoms with van der Waals surface area (Å²) >= 11 is 0. The van der Waals surface area contributed by atoms with Crippen LogP contribution in [0.1, 0.15) is 15.9 Å². The quantitative estimate of drug-likeness (QED) is 0.828. The number of piperazine rings is 1. The molecular weight excluding hydrogens is 351 g/mol. The van der Waals surface area contributed by atoms with Crippen molar-refractivity contribution in [1.82, 2.24) is 9.80 Å². The Hall–Kier alpha value is -3.09. The Balaban J connectivity index is 1.51. The van der Waals surface area contributed by atoms with Gasteiger partial charge < -0.3 is 19.3 Å². The fourth-order valence-corrected chi connectivity index (χ4v) is 2.88. The largest absolute Gasteiger partial charge is 0.494 e. The van der Waals surface area contributed by atoms with Crippen molar-refractivity contribution in [1.29, 1.82) is 0 Å². The van der Waals surface area contributed by atoms with E-state index in [1.54, 1.807) is 9.80 Å². The highest BCUT2D eigenvalue weighted by Gasteiger charge is 2.26. The molecule has 1 aliphatic heterocycles. The van der Waals surface area contributed by atoms with E-state index in [2.05, 4.69) is 0 Å². The Bertz CT molecular complexity index is 805. The molecule has 0 atom stereocenters. The number of ether oxygens (including phenoxy) is 2. The van der Waals surface area contributed by atoms with Crippen LogP contribution in [0.15, 0.2) is 48.5 Å². The minimum atomic E-state index is -0.577. The zero-order chi connectivity index (χ0) is 19.2. The van der Waals surface area contributed by atoms with Crippen molar-refractivity contribution in [3.63, 3.8) is 0 Å². The number of amides is 2. The number of nitrogens with zero attached hydrogens (tertiary/aromatic N) is 2. The van der Waals surface area contributed by atoms with Gasteiger partial charge in [0.2, 0.25) is 0 Å². The average molecular weight is 372 g/mol. The lowest BCUT2D eigenvalue weighted by molar-refractivity contribution is 0.0543. The van der Waals surface area contributed by atoms with E-state index in [0.29, 0.717) is 26.2 Å². The zero-order valence-corrected chi connectivity index (χ0v) is 15.1. The van der Waals surface area contributed by atoms with Crippen LogP contribution in [0.2, 0.25) is 0 Å². The topological polar surface area (TPSA) is 59.1 Å². The Morgan fingerprint density at radius 2 is 1.67 bits per heavy atom. The summed E-state index contributed by atoms with van der Waals surface area (Å²) in [5.41, 5.74) is 1.18. The molecule has 0 N–H and O–H groups in total. The van der Waals surface area contributed by atoms with E-state index in [-0.39, 0.29) is 23.8 Å². The molecule has 2 amide bonds. The standard InChI is InChI=1S/C20H21FN2O4/c1-26-18-8-7-16(13-17(18)21)19(24)22-9-11-23(12-10-22)20(25)27-14-15-5-3-2-4-6-15/h2-8,13H,9-12,14H2,1H3. The smallest absolute Gasteiger partial charge is 0.410 e. The van der Waals surface area contributed by atoms with Gasteiger partial charge in [-0.2, -0.15) is 0 Å². The number of hydrogen-bond acceptors (Lipinski definition) is 4. The summed E-state index contributed by atoms with van der Waals surface area (Å²) in [6.45, 7) is 1.69. The van der Waals surface area contributed by atoms with Crippen LogP contribution in [0.3, 0.4) is 0 Å². The van der Waals surface area contributed by atoms with Crippen LogP contribution < -0.4 is 4.74 Å². The van der Waals surface area contributed by atoms with Crippen molar-refractivity contribution in [3.05, 3.63) is 65.5 Å². The third-order valence-corrected chi connectivity index (χ3v) is 4.43. The molecule has 0 aromatic heterocycles. The fraction of sp³-hybridized carbons (Fsp3) is 0.300. The molecule has 1 saturated heterocycles. The van der Waals surface area contributed by atoms with Gasteiger partial charge >= 0.3 is 6.09 Å². The summed E-state index contributed by atoms with van der Waals surface area (Å²) in [6, 6.07) is 13.6. The second-order valence-electron chi connectivity index (χ2n) is 6.17. The predicted octanol–water partition coefficient (Wildman–Crippen LogP) is 2.93. The highest BCUT2D eigenvalue weighted by atomic mass is 19.1. The minimum absolute atomic E-state index is 0.0949. The molecule has 142 valence electrons. The van der Waals surface area contributed by atoms with Crippen LogP contribution in [0, 0.1) is 5.82 Å². The van der Waals surface area contributed by atoms with E-state index in [1.807, 2.05) is 30.3 Å². The molecular formula is C20H21FN2O4. The van der Waals surface area contributed by atoms with E-state index in [0.717, 1.165) is 5.56 Å². The molecule has 0 spiro atoms. The first kappa shape index (κ1) is 18.7. The maximum absolute atomic E-state index is 13.8. The van der Waals surface area contributed by atoms with Gasteiger partial charge in [-0.1, -0.05) is 30.3 Å². The number of carbonyl (C=O) groups excluding carboxylic acids is 2. The molecule has 0 radical (unpaired) electrons. The summed E-state index contributed by atoms with van der Waals surface area (Å²) in [6.07, 6.45) is -0.401. The summed E-state index contributed by atoms with van der Waals surface area (Å²) in [5, 5.41) is 0. The molecule has 0 unspecified atom stereocenters. The number of hydrogen-bond donors (Lipinski definition) is 0. The average Bonchev–Trinajstić information content (AvgIpc) is 2.72. The first-order valence-corrected chi connectivity index (χ1v) is 8.67. The monoisotopic (exact) mass is 372 g/mol. The number of carbonyl (C=O) groups is 2. The number of rotatable bonds is 4. The van der Waals surface area contributed by atoms with Gasteiger partial charge in [0, 0.05) is 31.7 Å². The number of benzene rings is 2. The Morgan fingerprint density at radius 1 is 1.00 bits per heavy atom. The second-order valence-corrected chi connectivity index (χ2v) is 6.17. The third-order valence-electron chi connectivity index (χ3n) is 4.43. The maximum Gasteiger partial charge on any atom is 0.410 e. The SMILES string of the molecule is COc1ccc(C(=O)N2CCN(C(=O)OCc3ccccc3)CC2)cc1F. The van der Waals surface area contributed by atoms with Gasteiger partial charge in [0.25, 0.3) is 5.91 Å². The molecule has 3 rings (SSSR count). The molecule has 0 aliphatic carbocycles. The van der Waals surface area contributed by atoms with Gasteiger partial charge in [-0.05, 0) is 23.8 Å². The van der Waals surface area contributed by atoms with Crippen LogP contribution in [0.25, 0.3) is 0 Å². The van der Waals surface area contributed by atoms with Crippen LogP contribution in [0.5, 0.6) is 5.75 Å². The molecule has 1 aliphatic rings. The summed E-state index contributed by atoms with van der Waals surface area (Å²) in [7, 11) is 1.37. The highest BCUT2D eigenvalue weighted by molar-refractivity contribution is 5.94. The van der Waals surface area contributed by atoms with Crippen molar-refractivity contribution < 1.29 is 23.5 Å². The first-order valence-electron chi connectivity index (χ1n) is 8.67. The molecule has 0 saturated carbocycles. The van der Waals surface area contributed by atoms with Crippen molar-refractivity contribution in [3.8, 4) is 5.75 Å². The molecule has 0 bridgehead atoms. The van der Waals surface area contributed by atoms with Crippen molar-refractivity contribution >= 4 is 12.0 Å². The fourth-order valence-electron chi connectivity index (χ4n) is 2.88. The minimum Gasteiger partial charge on any atom is -0.494 e. The normalized spacial score (nSPS) is 14.0. The second kappa shape index (κ2) is 8.53. The summed E-state index contributed by atoms with van der Waals surface area (Å²) in [4.78, 5) is 27.9. The molecule has 6 nitrogen and oxygen atoms in total. The van der Waals surface area contributed by atoms with E-state index in [1.165, 1.54) is 25.3 Å². The Morgan fingerprint density at radius 3 is 2.30 bits per heavy atom. The Labute approximate surface area is 157 Å². The predicted molar refractivity (Wildman–Crippen MR) is 97.1 cm³/mol. The van der Waals surface area contributed by atoms with E-state index < -0.39 is 11.9 Å². The zero-order valence-electron chi connectivity index (χ0n) is 15.1. The van der Waals surface area contributed by atoms with Gasteiger partial charge in [-0.15, -0.1) is 0 Å². The molecule has 27 heavy (non-hydrogen) atoms. The van der Waals surface area contributed by atoms with E-state index in [4.69, 9.17) is 9.47 Å². The van der Waals surface area contributed by atoms with E-state index >= 15 is 0 Å². The van der Waals surface area contributed by atoms with Gasteiger partial charge in [-0.25, -0.2) is 9.18 Å². The highest BCUT2D eigenvalue weighted by Crippen LogP contribution is 2.19. The first-order chi connectivity index (χ1) is 13.1. The van der Waals surface area contributed by atoms with Crippen molar-refractivity contribution in [2.24, 2.45) is 0 Å². The van der Waals surface area contributed by atoms with Gasteiger partial charge in [0.1, 0.15) is 6.61 Å². The maximum atomic E-state index is 13.8. The van der Waals surface area contributed by atoms with Gasteiger partial charge in [-0.3, -0.25) is 4.79 Å². The van der Waals surface area contributed by atoms with Gasteiger partial charge in [0.05, 0.1) is 7.11 Å². The number of methoxy groups -OCH3 is 1. The van der Waals surface area contributed by atoms with Crippen LogP contribution in [0.4, 0.5) is 9.18 Å². The Kier molecular flexibility index (Phi) is 5.90. The lowest BCUT2D eigenvalue weighted by atomic mass is 10.1. The molecule has 1 fully saturated rings. The molecule has 1 heterocycles. The van der Waals surface area contributed by atoms with Crippen molar-refractivity contribution in [2.45, 2.75) is 6.61 Å². The lowest BCUT2D eigenvalue weighted by Gasteiger charge is -2.34. The van der Waals surface area contributed by atoms with Crippen LogP contribution in [-0.4, -0.2) is 55.1 Å². The molecule has 2 aromatic carbocycles. The van der Waals surface area contributed by atoms with Crippen molar-refractivity contribution in [2.75, 3.05) is 33.3 Å².